The molecule has 6 nitrogen and oxygen atoms in total. The van der Waals surface area contributed by atoms with Crippen molar-refractivity contribution in [1.82, 2.24) is 19.9 Å². The molecule has 1 aliphatic heterocycles. The van der Waals surface area contributed by atoms with E-state index in [0.717, 1.165) is 18.0 Å². The SMILES string of the molecule is c1ccc(Cn2cc([C@H]3OCCN3Cc3ccco3)nn2)cc1. The molecule has 0 amide bonds. The molecule has 1 atom stereocenters. The van der Waals surface area contributed by atoms with Crippen LogP contribution in [0.4, 0.5) is 0 Å². The molecular weight excluding hydrogens is 292 g/mol. The van der Waals surface area contributed by atoms with Gasteiger partial charge in [0.25, 0.3) is 0 Å². The van der Waals surface area contributed by atoms with E-state index < -0.39 is 0 Å². The number of ether oxygens (including phenoxy) is 1. The first-order valence-electron chi connectivity index (χ1n) is 7.70. The molecule has 1 saturated heterocycles. The highest BCUT2D eigenvalue weighted by molar-refractivity contribution is 5.15. The quantitative estimate of drug-likeness (QED) is 0.724. The Morgan fingerprint density at radius 1 is 1.09 bits per heavy atom. The minimum absolute atomic E-state index is 0.162. The third-order valence-corrected chi connectivity index (χ3v) is 3.92. The molecule has 118 valence electrons. The predicted molar refractivity (Wildman–Crippen MR) is 83.4 cm³/mol. The normalized spacial score (nSPS) is 18.5. The molecule has 4 rings (SSSR count). The van der Waals surface area contributed by atoms with Crippen molar-refractivity contribution in [3.63, 3.8) is 0 Å². The number of rotatable bonds is 5. The van der Waals surface area contributed by atoms with E-state index in [4.69, 9.17) is 9.15 Å². The van der Waals surface area contributed by atoms with Crippen LogP contribution in [-0.2, 0) is 17.8 Å². The molecule has 0 unspecified atom stereocenters. The standard InChI is InChI=1S/C17H18N4O2/c1-2-5-14(6-3-1)11-21-13-16(18-19-21)17-20(8-10-23-17)12-15-7-4-9-22-15/h1-7,9,13,17H,8,10-12H2/t17-/m1/s1. The van der Waals surface area contributed by atoms with E-state index in [1.165, 1.54) is 5.56 Å². The summed E-state index contributed by atoms with van der Waals surface area (Å²) in [5.74, 6) is 0.928. The van der Waals surface area contributed by atoms with Crippen LogP contribution < -0.4 is 0 Å². The summed E-state index contributed by atoms with van der Waals surface area (Å²) in [5, 5.41) is 8.51. The van der Waals surface area contributed by atoms with Crippen LogP contribution in [-0.4, -0.2) is 33.0 Å². The number of aromatic nitrogens is 3. The maximum Gasteiger partial charge on any atom is 0.157 e. The molecular formula is C17H18N4O2. The summed E-state index contributed by atoms with van der Waals surface area (Å²) in [7, 11) is 0. The molecule has 0 spiro atoms. The van der Waals surface area contributed by atoms with Gasteiger partial charge in [-0.05, 0) is 17.7 Å². The summed E-state index contributed by atoms with van der Waals surface area (Å²) in [6.07, 6.45) is 3.49. The van der Waals surface area contributed by atoms with Crippen molar-refractivity contribution in [2.24, 2.45) is 0 Å². The lowest BCUT2D eigenvalue weighted by Gasteiger charge is -2.19. The van der Waals surface area contributed by atoms with Crippen LogP contribution in [0.2, 0.25) is 0 Å². The van der Waals surface area contributed by atoms with Gasteiger partial charge >= 0.3 is 0 Å². The van der Waals surface area contributed by atoms with Gasteiger partial charge in [0.05, 0.1) is 32.2 Å². The first-order chi connectivity index (χ1) is 11.4. The van der Waals surface area contributed by atoms with Crippen molar-refractivity contribution >= 4 is 0 Å². The molecule has 3 heterocycles. The van der Waals surface area contributed by atoms with Crippen LogP contribution in [0.3, 0.4) is 0 Å². The van der Waals surface area contributed by atoms with Crippen molar-refractivity contribution < 1.29 is 9.15 Å². The second kappa shape index (κ2) is 6.36. The maximum absolute atomic E-state index is 5.83. The van der Waals surface area contributed by atoms with Crippen LogP contribution in [0.25, 0.3) is 0 Å². The van der Waals surface area contributed by atoms with Crippen molar-refractivity contribution in [3.05, 3.63) is 71.9 Å². The molecule has 2 aromatic heterocycles. The van der Waals surface area contributed by atoms with Gasteiger partial charge in [-0.2, -0.15) is 0 Å². The Morgan fingerprint density at radius 2 is 2.00 bits per heavy atom. The van der Waals surface area contributed by atoms with Gasteiger partial charge in [-0.1, -0.05) is 35.5 Å². The van der Waals surface area contributed by atoms with Gasteiger partial charge in [0.15, 0.2) is 6.23 Å². The van der Waals surface area contributed by atoms with Crippen molar-refractivity contribution in [2.45, 2.75) is 19.3 Å². The van der Waals surface area contributed by atoms with Crippen LogP contribution in [0.15, 0.2) is 59.3 Å². The van der Waals surface area contributed by atoms with E-state index in [1.807, 2.05) is 41.2 Å². The van der Waals surface area contributed by atoms with E-state index in [1.54, 1.807) is 6.26 Å². The summed E-state index contributed by atoms with van der Waals surface area (Å²) < 4.78 is 13.1. The molecule has 0 saturated carbocycles. The Bertz CT molecular complexity index is 739. The van der Waals surface area contributed by atoms with Gasteiger partial charge < -0.3 is 9.15 Å². The fraction of sp³-hybridized carbons (Fsp3) is 0.294. The van der Waals surface area contributed by atoms with Gasteiger partial charge in [0, 0.05) is 6.54 Å². The molecule has 6 heteroatoms. The second-order valence-corrected chi connectivity index (χ2v) is 5.60. The average molecular weight is 310 g/mol. The van der Waals surface area contributed by atoms with E-state index in [-0.39, 0.29) is 6.23 Å². The fourth-order valence-corrected chi connectivity index (χ4v) is 2.82. The number of furan rings is 1. The topological polar surface area (TPSA) is 56.3 Å². The smallest absolute Gasteiger partial charge is 0.157 e. The summed E-state index contributed by atoms with van der Waals surface area (Å²) in [6.45, 7) is 2.97. The zero-order valence-electron chi connectivity index (χ0n) is 12.7. The van der Waals surface area contributed by atoms with Crippen LogP contribution >= 0.6 is 0 Å². The van der Waals surface area contributed by atoms with Crippen LogP contribution in [0.1, 0.15) is 23.2 Å². The molecule has 0 bridgehead atoms. The highest BCUT2D eigenvalue weighted by Gasteiger charge is 2.29. The van der Waals surface area contributed by atoms with Gasteiger partial charge in [0.2, 0.25) is 0 Å². The predicted octanol–water partition coefficient (Wildman–Crippen LogP) is 2.45. The van der Waals surface area contributed by atoms with Gasteiger partial charge in [-0.25, -0.2) is 4.68 Å². The summed E-state index contributed by atoms with van der Waals surface area (Å²) in [5.41, 5.74) is 2.04. The monoisotopic (exact) mass is 310 g/mol. The van der Waals surface area contributed by atoms with Crippen LogP contribution in [0, 0.1) is 0 Å². The van der Waals surface area contributed by atoms with Gasteiger partial charge in [-0.3, -0.25) is 4.90 Å². The largest absolute Gasteiger partial charge is 0.468 e. The minimum Gasteiger partial charge on any atom is -0.468 e. The first kappa shape index (κ1) is 14.2. The molecule has 1 aliphatic rings. The van der Waals surface area contributed by atoms with Crippen molar-refractivity contribution in [2.75, 3.05) is 13.2 Å². The lowest BCUT2D eigenvalue weighted by Crippen LogP contribution is -2.23. The Labute approximate surface area is 134 Å². The third-order valence-electron chi connectivity index (χ3n) is 3.92. The highest BCUT2D eigenvalue weighted by Crippen LogP contribution is 2.27. The number of hydrogen-bond donors (Lipinski definition) is 0. The number of benzene rings is 1. The summed E-state index contributed by atoms with van der Waals surface area (Å²) >= 11 is 0. The van der Waals surface area contributed by atoms with Gasteiger partial charge in [-0.15, -0.1) is 5.10 Å². The second-order valence-electron chi connectivity index (χ2n) is 5.60. The Hall–Kier alpha value is -2.44. The Balaban J connectivity index is 1.47. The zero-order chi connectivity index (χ0) is 15.5. The van der Waals surface area contributed by atoms with E-state index >= 15 is 0 Å². The van der Waals surface area contributed by atoms with E-state index in [2.05, 4.69) is 27.3 Å². The lowest BCUT2D eigenvalue weighted by molar-refractivity contribution is 0.0223. The average Bonchev–Trinajstić information content (AvgIpc) is 3.30. The van der Waals surface area contributed by atoms with Crippen molar-refractivity contribution in [1.29, 1.82) is 0 Å². The summed E-state index contributed by atoms with van der Waals surface area (Å²) in [4.78, 5) is 2.20. The molecule has 23 heavy (non-hydrogen) atoms. The zero-order valence-corrected chi connectivity index (χ0v) is 12.7. The van der Waals surface area contributed by atoms with Crippen LogP contribution in [0.5, 0.6) is 0 Å². The van der Waals surface area contributed by atoms with E-state index in [9.17, 15) is 0 Å². The number of hydrogen-bond acceptors (Lipinski definition) is 5. The molecule has 3 aromatic rings. The maximum atomic E-state index is 5.83. The lowest BCUT2D eigenvalue weighted by atomic mass is 10.2. The molecule has 0 radical (unpaired) electrons. The molecule has 0 N–H and O–H groups in total. The summed E-state index contributed by atoms with van der Waals surface area (Å²) in [6, 6.07) is 14.1. The molecule has 1 aromatic carbocycles. The van der Waals surface area contributed by atoms with E-state index in [0.29, 0.717) is 19.7 Å². The Morgan fingerprint density at radius 3 is 2.83 bits per heavy atom. The van der Waals surface area contributed by atoms with Crippen molar-refractivity contribution in [3.8, 4) is 0 Å². The Kier molecular flexibility index (Phi) is 3.92. The molecule has 0 aliphatic carbocycles. The minimum atomic E-state index is -0.162. The first-order valence-corrected chi connectivity index (χ1v) is 7.70. The number of nitrogens with zero attached hydrogens (tertiary/aromatic N) is 4. The van der Waals surface area contributed by atoms with Gasteiger partial charge in [0.1, 0.15) is 11.5 Å². The fourth-order valence-electron chi connectivity index (χ4n) is 2.82. The molecule has 1 fully saturated rings. The highest BCUT2D eigenvalue weighted by atomic mass is 16.5. The third kappa shape index (κ3) is 3.18.